The monoisotopic (exact) mass is 337 g/mol. The normalized spacial score (nSPS) is 10.5. The molecular weight excluding hydrogens is 321 g/mol. The first-order valence-corrected chi connectivity index (χ1v) is 8.02. The molecule has 0 saturated heterocycles. The number of hydrogen-bond acceptors (Lipinski definition) is 3. The average molecular weight is 338 g/mol. The van der Waals surface area contributed by atoms with Gasteiger partial charge in [0.25, 0.3) is 5.91 Å². The molecule has 0 radical (unpaired) electrons. The molecule has 0 unspecified atom stereocenters. The summed E-state index contributed by atoms with van der Waals surface area (Å²) < 4.78 is 0.903. The van der Waals surface area contributed by atoms with Crippen LogP contribution in [0.4, 0.5) is 0 Å². The quantitative estimate of drug-likeness (QED) is 0.663. The van der Waals surface area contributed by atoms with E-state index in [9.17, 15) is 9.59 Å². The Morgan fingerprint density at radius 2 is 1.80 bits per heavy atom. The molecule has 0 bridgehead atoms. The number of nitrogens with one attached hydrogen (secondary N) is 1. The fourth-order valence-electron chi connectivity index (χ4n) is 1.72. The summed E-state index contributed by atoms with van der Waals surface area (Å²) in [5.74, 6) is -0.951. The van der Waals surface area contributed by atoms with E-state index in [1.807, 2.05) is 0 Å². The van der Waals surface area contributed by atoms with Gasteiger partial charge < -0.3 is 10.4 Å². The maximum atomic E-state index is 11.8. The van der Waals surface area contributed by atoms with Gasteiger partial charge in [0.2, 0.25) is 0 Å². The molecule has 4 nitrogen and oxygen atoms in total. The van der Waals surface area contributed by atoms with Crippen LogP contribution in [0.2, 0.25) is 8.67 Å². The van der Waals surface area contributed by atoms with Gasteiger partial charge in [0.15, 0.2) is 0 Å². The van der Waals surface area contributed by atoms with Gasteiger partial charge >= 0.3 is 5.97 Å². The molecule has 0 aliphatic heterocycles. The molecule has 0 aliphatic rings. The van der Waals surface area contributed by atoms with Crippen molar-refractivity contribution in [1.82, 2.24) is 5.32 Å². The average Bonchev–Trinajstić information content (AvgIpc) is 2.71. The zero-order chi connectivity index (χ0) is 15.0. The van der Waals surface area contributed by atoms with E-state index in [4.69, 9.17) is 28.3 Å². The molecule has 0 fully saturated rings. The van der Waals surface area contributed by atoms with E-state index in [1.165, 1.54) is 11.3 Å². The third-order valence-electron chi connectivity index (χ3n) is 2.75. The maximum absolute atomic E-state index is 11.8. The Labute approximate surface area is 132 Å². The Balaban J connectivity index is 2.08. The van der Waals surface area contributed by atoms with Crippen molar-refractivity contribution < 1.29 is 14.7 Å². The molecule has 0 saturated carbocycles. The summed E-state index contributed by atoms with van der Waals surface area (Å²) in [6.07, 6.45) is 4.67. The Morgan fingerprint density at radius 1 is 1.15 bits per heavy atom. The first-order valence-electron chi connectivity index (χ1n) is 6.45. The van der Waals surface area contributed by atoms with Crippen molar-refractivity contribution in [2.45, 2.75) is 38.5 Å². The predicted molar refractivity (Wildman–Crippen MR) is 82.0 cm³/mol. The van der Waals surface area contributed by atoms with E-state index in [2.05, 4.69) is 5.32 Å². The minimum absolute atomic E-state index is 0.205. The van der Waals surface area contributed by atoms with Gasteiger partial charge in [-0.3, -0.25) is 9.59 Å². The van der Waals surface area contributed by atoms with Gasteiger partial charge in [-0.15, -0.1) is 11.3 Å². The van der Waals surface area contributed by atoms with Gasteiger partial charge in [0.05, 0.1) is 9.90 Å². The van der Waals surface area contributed by atoms with Crippen LogP contribution >= 0.6 is 34.5 Å². The summed E-state index contributed by atoms with van der Waals surface area (Å²) in [4.78, 5) is 22.1. The molecular formula is C13H17Cl2NO3S. The molecule has 1 aromatic heterocycles. The number of rotatable bonds is 9. The van der Waals surface area contributed by atoms with Gasteiger partial charge in [-0.25, -0.2) is 0 Å². The second-order valence-electron chi connectivity index (χ2n) is 4.41. The molecule has 1 heterocycles. The van der Waals surface area contributed by atoms with Gasteiger partial charge in [-0.05, 0) is 18.9 Å². The van der Waals surface area contributed by atoms with E-state index < -0.39 is 5.97 Å². The number of thiophene rings is 1. The van der Waals surface area contributed by atoms with Crippen LogP contribution in [0.25, 0.3) is 0 Å². The van der Waals surface area contributed by atoms with Crippen molar-refractivity contribution >= 4 is 46.4 Å². The number of halogens is 2. The van der Waals surface area contributed by atoms with Crippen molar-refractivity contribution in [1.29, 1.82) is 0 Å². The Bertz CT molecular complexity index is 462. The number of carbonyl (C=O) groups is 2. The third kappa shape index (κ3) is 6.59. The van der Waals surface area contributed by atoms with Crippen molar-refractivity contribution in [2.75, 3.05) is 6.54 Å². The zero-order valence-electron chi connectivity index (χ0n) is 11.0. The first-order chi connectivity index (χ1) is 9.50. The van der Waals surface area contributed by atoms with E-state index >= 15 is 0 Å². The van der Waals surface area contributed by atoms with Crippen molar-refractivity contribution in [2.24, 2.45) is 0 Å². The highest BCUT2D eigenvalue weighted by molar-refractivity contribution is 7.20. The van der Waals surface area contributed by atoms with Crippen molar-refractivity contribution in [3.63, 3.8) is 0 Å². The van der Waals surface area contributed by atoms with E-state index in [0.29, 0.717) is 27.2 Å². The van der Waals surface area contributed by atoms with E-state index in [0.717, 1.165) is 25.7 Å². The van der Waals surface area contributed by atoms with Gasteiger partial charge in [-0.1, -0.05) is 42.5 Å². The van der Waals surface area contributed by atoms with Crippen LogP contribution in [0.1, 0.15) is 48.9 Å². The number of carbonyl (C=O) groups excluding carboxylic acids is 1. The highest BCUT2D eigenvalue weighted by atomic mass is 35.5. The predicted octanol–water partition coefficient (Wildman–Crippen LogP) is 4.21. The lowest BCUT2D eigenvalue weighted by atomic mass is 10.1. The summed E-state index contributed by atoms with van der Waals surface area (Å²) in [6, 6.07) is 1.57. The number of unbranched alkanes of at least 4 members (excludes halogenated alkanes) is 4. The van der Waals surface area contributed by atoms with Crippen LogP contribution < -0.4 is 5.32 Å². The smallest absolute Gasteiger partial charge is 0.303 e. The standard InChI is InChI=1S/C13H17Cl2NO3S/c14-10-8-9(12(15)20-10)13(19)16-7-5-3-1-2-4-6-11(17)18/h8H,1-7H2,(H,16,19)(H,17,18). The highest BCUT2D eigenvalue weighted by Crippen LogP contribution is 2.30. The molecule has 0 atom stereocenters. The highest BCUT2D eigenvalue weighted by Gasteiger charge is 2.13. The fourth-order valence-corrected chi connectivity index (χ4v) is 3.18. The zero-order valence-corrected chi connectivity index (χ0v) is 13.3. The molecule has 1 amide bonds. The van der Waals surface area contributed by atoms with Crippen LogP contribution in [0.3, 0.4) is 0 Å². The van der Waals surface area contributed by atoms with E-state index in [1.54, 1.807) is 6.07 Å². The molecule has 0 aromatic carbocycles. The van der Waals surface area contributed by atoms with Crippen LogP contribution in [0, 0.1) is 0 Å². The molecule has 0 spiro atoms. The number of aliphatic carboxylic acids is 1. The lowest BCUT2D eigenvalue weighted by Gasteiger charge is -2.04. The molecule has 0 aliphatic carbocycles. The lowest BCUT2D eigenvalue weighted by molar-refractivity contribution is -0.137. The summed E-state index contributed by atoms with van der Waals surface area (Å²) >= 11 is 12.8. The minimum Gasteiger partial charge on any atom is -0.481 e. The number of carboxylic acids is 1. The van der Waals surface area contributed by atoms with Crippen LogP contribution in [-0.2, 0) is 4.79 Å². The fraction of sp³-hybridized carbons (Fsp3) is 0.538. The minimum atomic E-state index is -0.747. The Hall–Kier alpha value is -0.780. The second kappa shape index (κ2) is 9.21. The Morgan fingerprint density at radius 3 is 2.40 bits per heavy atom. The summed E-state index contributed by atoms with van der Waals surface area (Å²) in [6.45, 7) is 0.585. The number of amides is 1. The largest absolute Gasteiger partial charge is 0.481 e. The Kier molecular flexibility index (Phi) is 7.95. The van der Waals surface area contributed by atoms with Crippen LogP contribution in [0.15, 0.2) is 6.07 Å². The topological polar surface area (TPSA) is 66.4 Å². The summed E-state index contributed by atoms with van der Waals surface area (Å²) in [5.41, 5.74) is 0.420. The van der Waals surface area contributed by atoms with E-state index in [-0.39, 0.29) is 12.3 Å². The number of hydrogen-bond donors (Lipinski definition) is 2. The lowest BCUT2D eigenvalue weighted by Crippen LogP contribution is -2.24. The third-order valence-corrected chi connectivity index (χ3v) is 4.24. The van der Waals surface area contributed by atoms with Crippen molar-refractivity contribution in [3.8, 4) is 0 Å². The SMILES string of the molecule is O=C(O)CCCCCCCNC(=O)c1cc(Cl)sc1Cl. The molecule has 2 N–H and O–H groups in total. The summed E-state index contributed by atoms with van der Waals surface area (Å²) in [5, 5.41) is 11.3. The molecule has 1 rings (SSSR count). The van der Waals surface area contributed by atoms with Crippen LogP contribution in [0.5, 0.6) is 0 Å². The van der Waals surface area contributed by atoms with Gasteiger partial charge in [-0.2, -0.15) is 0 Å². The number of carboxylic acid groups (broad SMARTS) is 1. The van der Waals surface area contributed by atoms with Gasteiger partial charge in [0.1, 0.15) is 4.34 Å². The molecule has 112 valence electrons. The first kappa shape index (κ1) is 17.3. The second-order valence-corrected chi connectivity index (χ2v) is 6.69. The van der Waals surface area contributed by atoms with Crippen LogP contribution in [-0.4, -0.2) is 23.5 Å². The molecule has 7 heteroatoms. The van der Waals surface area contributed by atoms with Crippen molar-refractivity contribution in [3.05, 3.63) is 20.3 Å². The molecule has 1 aromatic rings. The maximum Gasteiger partial charge on any atom is 0.303 e. The summed E-state index contributed by atoms with van der Waals surface area (Å²) in [7, 11) is 0. The molecule has 20 heavy (non-hydrogen) atoms. The van der Waals surface area contributed by atoms with Gasteiger partial charge in [0, 0.05) is 13.0 Å².